The van der Waals surface area contributed by atoms with Crippen molar-refractivity contribution in [2.45, 2.75) is 20.5 Å². The molecule has 0 unspecified atom stereocenters. The Bertz CT molecular complexity index is 460. The summed E-state index contributed by atoms with van der Waals surface area (Å²) in [5.41, 5.74) is 1.85. The van der Waals surface area contributed by atoms with Crippen LogP contribution in [0, 0.1) is 13.8 Å². The maximum Gasteiger partial charge on any atom is 0.140 e. The van der Waals surface area contributed by atoms with E-state index in [1.807, 2.05) is 26.0 Å². The monoisotopic (exact) mass is 282 g/mol. The molecule has 4 nitrogen and oxygen atoms in total. The third-order valence-corrected chi connectivity index (χ3v) is 2.73. The lowest BCUT2D eigenvalue weighted by Gasteiger charge is -2.04. The summed E-state index contributed by atoms with van der Waals surface area (Å²) in [6, 6.07) is 3.69. The molecule has 5 heteroatoms. The van der Waals surface area contributed by atoms with Gasteiger partial charge in [0.2, 0.25) is 0 Å². The van der Waals surface area contributed by atoms with Gasteiger partial charge < -0.3 is 9.26 Å². The fourth-order valence-corrected chi connectivity index (χ4v) is 1.55. The molecular formula is C11H11BrN2O2. The highest BCUT2D eigenvalue weighted by Crippen LogP contribution is 2.17. The average Bonchev–Trinajstić information content (AvgIpc) is 2.59. The van der Waals surface area contributed by atoms with Crippen LogP contribution < -0.4 is 4.74 Å². The van der Waals surface area contributed by atoms with Crippen LogP contribution in [0.3, 0.4) is 0 Å². The number of aromatic nitrogens is 2. The number of aryl methyl sites for hydroxylation is 2. The van der Waals surface area contributed by atoms with Crippen LogP contribution in [0.5, 0.6) is 5.75 Å². The molecule has 0 saturated heterocycles. The molecule has 2 aromatic rings. The normalized spacial score (nSPS) is 10.4. The predicted octanol–water partition coefficient (Wildman–Crippen LogP) is 3.03. The fourth-order valence-electron chi connectivity index (χ4n) is 1.31. The number of nitrogens with zero attached hydrogens (tertiary/aromatic N) is 2. The van der Waals surface area contributed by atoms with Crippen molar-refractivity contribution in [3.8, 4) is 5.75 Å². The fraction of sp³-hybridized carbons (Fsp3) is 0.273. The van der Waals surface area contributed by atoms with E-state index in [0.29, 0.717) is 6.61 Å². The van der Waals surface area contributed by atoms with Crippen molar-refractivity contribution >= 4 is 15.9 Å². The van der Waals surface area contributed by atoms with E-state index in [-0.39, 0.29) is 0 Å². The van der Waals surface area contributed by atoms with Gasteiger partial charge in [0.25, 0.3) is 0 Å². The van der Waals surface area contributed by atoms with E-state index in [2.05, 4.69) is 26.1 Å². The summed E-state index contributed by atoms with van der Waals surface area (Å²) in [5, 5.41) is 3.86. The topological polar surface area (TPSA) is 48.2 Å². The first-order valence-corrected chi connectivity index (χ1v) is 5.62. The maximum atomic E-state index is 5.58. The van der Waals surface area contributed by atoms with Crippen molar-refractivity contribution in [1.82, 2.24) is 10.1 Å². The summed E-state index contributed by atoms with van der Waals surface area (Å²) < 4.78 is 11.4. The van der Waals surface area contributed by atoms with Gasteiger partial charge >= 0.3 is 0 Å². The van der Waals surface area contributed by atoms with Crippen LogP contribution in [0.4, 0.5) is 0 Å². The number of rotatable bonds is 3. The second kappa shape index (κ2) is 4.65. The average molecular weight is 283 g/mol. The minimum Gasteiger partial charge on any atom is -0.487 e. The van der Waals surface area contributed by atoms with Crippen molar-refractivity contribution in [2.24, 2.45) is 0 Å². The highest BCUT2D eigenvalue weighted by molar-refractivity contribution is 9.10. The smallest absolute Gasteiger partial charge is 0.140 e. The van der Waals surface area contributed by atoms with Crippen molar-refractivity contribution in [2.75, 3.05) is 0 Å². The molecule has 2 rings (SSSR count). The molecule has 0 aliphatic heterocycles. The minimum absolute atomic E-state index is 0.449. The maximum absolute atomic E-state index is 5.58. The molecule has 0 aromatic carbocycles. The summed E-state index contributed by atoms with van der Waals surface area (Å²) in [7, 11) is 0. The Kier molecular flexibility index (Phi) is 3.24. The Labute approximate surface area is 102 Å². The summed E-state index contributed by atoms with van der Waals surface area (Å²) >= 11 is 3.27. The van der Waals surface area contributed by atoms with Crippen molar-refractivity contribution in [1.29, 1.82) is 0 Å². The van der Waals surface area contributed by atoms with Gasteiger partial charge in [0, 0.05) is 0 Å². The lowest BCUT2D eigenvalue weighted by atomic mass is 10.2. The van der Waals surface area contributed by atoms with Gasteiger partial charge in [-0.25, -0.2) is 4.98 Å². The Morgan fingerprint density at radius 1 is 1.38 bits per heavy atom. The van der Waals surface area contributed by atoms with Gasteiger partial charge in [0.05, 0.1) is 17.5 Å². The molecule has 0 bridgehead atoms. The molecule has 0 N–H and O–H groups in total. The van der Waals surface area contributed by atoms with E-state index < -0.39 is 0 Å². The standard InChI is InChI=1S/C11H11BrN2O2/c1-7-10(8(2)16-14-7)6-15-9-3-4-11(12)13-5-9/h3-5H,6H2,1-2H3. The third kappa shape index (κ3) is 2.41. The van der Waals surface area contributed by atoms with Gasteiger partial charge in [0.15, 0.2) is 0 Å². The molecule has 0 aliphatic rings. The van der Waals surface area contributed by atoms with Crippen LogP contribution in [0.1, 0.15) is 17.0 Å². The zero-order valence-electron chi connectivity index (χ0n) is 9.03. The summed E-state index contributed by atoms with van der Waals surface area (Å²) in [5.74, 6) is 1.52. The first-order chi connectivity index (χ1) is 7.66. The molecule has 0 aliphatic carbocycles. The van der Waals surface area contributed by atoms with Crippen LogP contribution >= 0.6 is 15.9 Å². The second-order valence-corrected chi connectivity index (χ2v) is 4.22. The molecule has 84 valence electrons. The number of halogens is 1. The first-order valence-electron chi connectivity index (χ1n) is 4.83. The number of pyridine rings is 1. The Morgan fingerprint density at radius 2 is 2.19 bits per heavy atom. The van der Waals surface area contributed by atoms with E-state index in [4.69, 9.17) is 9.26 Å². The van der Waals surface area contributed by atoms with E-state index in [0.717, 1.165) is 27.4 Å². The SMILES string of the molecule is Cc1noc(C)c1COc1ccc(Br)nc1. The largest absolute Gasteiger partial charge is 0.487 e. The van der Waals surface area contributed by atoms with Gasteiger partial charge in [-0.15, -0.1) is 0 Å². The second-order valence-electron chi connectivity index (χ2n) is 3.41. The predicted molar refractivity (Wildman–Crippen MR) is 62.2 cm³/mol. The third-order valence-electron chi connectivity index (χ3n) is 2.26. The zero-order valence-corrected chi connectivity index (χ0v) is 10.6. The highest BCUT2D eigenvalue weighted by Gasteiger charge is 2.09. The summed E-state index contributed by atoms with van der Waals surface area (Å²) in [4.78, 5) is 4.08. The number of hydrogen-bond acceptors (Lipinski definition) is 4. The van der Waals surface area contributed by atoms with Gasteiger partial charge in [-0.3, -0.25) is 0 Å². The Hall–Kier alpha value is -1.36. The first kappa shape index (κ1) is 11.1. The van der Waals surface area contributed by atoms with Crippen molar-refractivity contribution in [3.63, 3.8) is 0 Å². The number of ether oxygens (including phenoxy) is 1. The van der Waals surface area contributed by atoms with E-state index in [9.17, 15) is 0 Å². The molecule has 0 radical (unpaired) electrons. The van der Waals surface area contributed by atoms with Crippen molar-refractivity contribution in [3.05, 3.63) is 40.0 Å². The van der Waals surface area contributed by atoms with E-state index >= 15 is 0 Å². The Morgan fingerprint density at radius 3 is 2.75 bits per heavy atom. The number of hydrogen-bond donors (Lipinski definition) is 0. The van der Waals surface area contributed by atoms with Crippen LogP contribution in [0.15, 0.2) is 27.5 Å². The van der Waals surface area contributed by atoms with Gasteiger partial charge in [-0.2, -0.15) is 0 Å². The van der Waals surface area contributed by atoms with E-state index in [1.54, 1.807) is 6.20 Å². The highest BCUT2D eigenvalue weighted by atomic mass is 79.9. The van der Waals surface area contributed by atoms with Crippen molar-refractivity contribution < 1.29 is 9.26 Å². The van der Waals surface area contributed by atoms with E-state index in [1.165, 1.54) is 0 Å². The van der Waals surface area contributed by atoms with Gasteiger partial charge in [-0.1, -0.05) is 5.16 Å². The summed E-state index contributed by atoms with van der Waals surface area (Å²) in [6.45, 7) is 4.22. The molecule has 0 spiro atoms. The van der Waals surface area contributed by atoms with Gasteiger partial charge in [-0.05, 0) is 41.9 Å². The van der Waals surface area contributed by atoms with Crippen LogP contribution in [0.25, 0.3) is 0 Å². The van der Waals surface area contributed by atoms with Crippen LogP contribution in [-0.2, 0) is 6.61 Å². The van der Waals surface area contributed by atoms with Crippen LogP contribution in [0.2, 0.25) is 0 Å². The molecule has 0 fully saturated rings. The quantitative estimate of drug-likeness (QED) is 0.812. The molecule has 2 heterocycles. The molecule has 2 aromatic heterocycles. The molecule has 16 heavy (non-hydrogen) atoms. The lowest BCUT2D eigenvalue weighted by molar-refractivity contribution is 0.300. The molecule has 0 saturated carbocycles. The van der Waals surface area contributed by atoms with Gasteiger partial charge in [0.1, 0.15) is 22.7 Å². The zero-order chi connectivity index (χ0) is 11.5. The summed E-state index contributed by atoms with van der Waals surface area (Å²) in [6.07, 6.45) is 1.67. The molecular weight excluding hydrogens is 272 g/mol. The minimum atomic E-state index is 0.449. The molecule has 0 amide bonds. The Balaban J connectivity index is 2.05. The lowest BCUT2D eigenvalue weighted by Crippen LogP contribution is -1.98. The molecule has 0 atom stereocenters. The van der Waals surface area contributed by atoms with Crippen LogP contribution in [-0.4, -0.2) is 10.1 Å².